The lowest BCUT2D eigenvalue weighted by Gasteiger charge is -2.32. The fraction of sp³-hybridized carbons (Fsp3) is 0.261. The van der Waals surface area contributed by atoms with Gasteiger partial charge in [-0.25, -0.2) is 9.97 Å². The summed E-state index contributed by atoms with van der Waals surface area (Å²) >= 11 is 0. The van der Waals surface area contributed by atoms with Crippen LogP contribution < -0.4 is 10.2 Å². The number of nitrogens with one attached hydrogen (secondary N) is 3. The van der Waals surface area contributed by atoms with Gasteiger partial charge < -0.3 is 20.2 Å². The van der Waals surface area contributed by atoms with Crippen molar-refractivity contribution in [3.63, 3.8) is 0 Å². The van der Waals surface area contributed by atoms with Crippen LogP contribution in [0.1, 0.15) is 28.4 Å². The molecule has 4 aromatic rings. The van der Waals surface area contributed by atoms with Crippen LogP contribution in [0.25, 0.3) is 22.6 Å². The van der Waals surface area contributed by atoms with Gasteiger partial charge in [0, 0.05) is 49.1 Å². The van der Waals surface area contributed by atoms with Crippen molar-refractivity contribution in [2.75, 3.05) is 24.5 Å². The van der Waals surface area contributed by atoms with Crippen molar-refractivity contribution in [1.82, 2.24) is 25.3 Å². The standard InChI is InChI=1S/C23H21F3N6O.ClH/c1-13-12-32(7-6-27-13)20-9-17-19(11-29-20)31-22(30-17)18-8-14(10-28-18)21(33)15-4-2-3-5-16(15)23(24,25)26;/h2-5,8-11,13,27-28H,6-7,12H2,1H3,(H,30,31);1H/t13-;/m1./s1. The number of imidazole rings is 1. The van der Waals surface area contributed by atoms with Crippen LogP contribution in [0.3, 0.4) is 0 Å². The zero-order valence-electron chi connectivity index (χ0n) is 18.1. The van der Waals surface area contributed by atoms with E-state index in [1.807, 2.05) is 6.07 Å². The maximum atomic E-state index is 13.3. The minimum atomic E-state index is -4.61. The molecule has 0 amide bonds. The normalized spacial score (nSPS) is 16.5. The zero-order valence-corrected chi connectivity index (χ0v) is 18.9. The van der Waals surface area contributed by atoms with Crippen LogP contribution in [0.4, 0.5) is 19.0 Å². The molecule has 1 aliphatic heterocycles. The number of ketones is 1. The molecule has 1 atom stereocenters. The Morgan fingerprint density at radius 3 is 2.76 bits per heavy atom. The van der Waals surface area contributed by atoms with Gasteiger partial charge in [-0.2, -0.15) is 13.2 Å². The van der Waals surface area contributed by atoms with Gasteiger partial charge in [0.1, 0.15) is 11.3 Å². The molecule has 178 valence electrons. The summed E-state index contributed by atoms with van der Waals surface area (Å²) < 4.78 is 39.9. The Kier molecular flexibility index (Phi) is 6.37. The summed E-state index contributed by atoms with van der Waals surface area (Å²) in [6.45, 7) is 4.70. The number of alkyl halides is 3. The number of anilines is 1. The number of aromatic nitrogens is 4. The first-order valence-corrected chi connectivity index (χ1v) is 10.5. The van der Waals surface area contributed by atoms with E-state index in [9.17, 15) is 18.0 Å². The molecule has 0 radical (unpaired) electrons. The first-order valence-electron chi connectivity index (χ1n) is 10.5. The van der Waals surface area contributed by atoms with Gasteiger partial charge in [-0.3, -0.25) is 4.79 Å². The van der Waals surface area contributed by atoms with Crippen molar-refractivity contribution >= 4 is 35.0 Å². The molecule has 7 nitrogen and oxygen atoms in total. The van der Waals surface area contributed by atoms with Crippen molar-refractivity contribution in [2.45, 2.75) is 19.1 Å². The average Bonchev–Trinajstić information content (AvgIpc) is 3.45. The lowest BCUT2D eigenvalue weighted by Crippen LogP contribution is -2.49. The van der Waals surface area contributed by atoms with E-state index in [0.29, 0.717) is 23.1 Å². The lowest BCUT2D eigenvalue weighted by molar-refractivity contribution is -0.137. The number of fused-ring (bicyclic) bond motifs is 1. The average molecular weight is 491 g/mol. The number of pyridine rings is 1. The molecule has 3 aromatic heterocycles. The van der Waals surface area contributed by atoms with Crippen molar-refractivity contribution in [2.24, 2.45) is 0 Å². The molecular weight excluding hydrogens is 469 g/mol. The Bertz CT molecular complexity index is 1330. The number of H-pyrrole nitrogens is 2. The highest BCUT2D eigenvalue weighted by Gasteiger charge is 2.35. The monoisotopic (exact) mass is 490 g/mol. The molecule has 4 heterocycles. The molecule has 0 unspecified atom stereocenters. The van der Waals surface area contributed by atoms with Gasteiger partial charge in [0.2, 0.25) is 0 Å². The number of hydrogen-bond acceptors (Lipinski definition) is 5. The van der Waals surface area contributed by atoms with E-state index in [0.717, 1.165) is 37.0 Å². The van der Waals surface area contributed by atoms with Gasteiger partial charge in [0.15, 0.2) is 11.6 Å². The predicted octanol–water partition coefficient (Wildman–Crippen LogP) is 4.42. The van der Waals surface area contributed by atoms with Gasteiger partial charge in [0.05, 0.1) is 23.0 Å². The molecule has 1 aliphatic rings. The lowest BCUT2D eigenvalue weighted by atomic mass is 9.99. The summed E-state index contributed by atoms with van der Waals surface area (Å²) in [7, 11) is 0. The number of carbonyl (C=O) groups excluding carboxylic acids is 1. The Labute approximate surface area is 199 Å². The topological polar surface area (TPSA) is 89.7 Å². The number of aromatic amines is 2. The van der Waals surface area contributed by atoms with E-state index >= 15 is 0 Å². The predicted molar refractivity (Wildman–Crippen MR) is 125 cm³/mol. The van der Waals surface area contributed by atoms with Crippen molar-refractivity contribution in [3.05, 3.63) is 65.5 Å². The van der Waals surface area contributed by atoms with Gasteiger partial charge >= 0.3 is 6.18 Å². The van der Waals surface area contributed by atoms with Crippen LogP contribution in [0.5, 0.6) is 0 Å². The first kappa shape index (κ1) is 23.8. The van der Waals surface area contributed by atoms with Gasteiger partial charge in [-0.15, -0.1) is 12.4 Å². The van der Waals surface area contributed by atoms with E-state index in [1.165, 1.54) is 30.5 Å². The van der Waals surface area contributed by atoms with Crippen molar-refractivity contribution < 1.29 is 18.0 Å². The second-order valence-electron chi connectivity index (χ2n) is 8.12. The highest BCUT2D eigenvalue weighted by molar-refractivity contribution is 6.10. The number of nitrogens with zero attached hydrogens (tertiary/aromatic N) is 3. The minimum absolute atomic E-state index is 0. The van der Waals surface area contributed by atoms with Gasteiger partial charge in [0.25, 0.3) is 0 Å². The molecular formula is C23H22ClF3N6O. The number of piperazine rings is 1. The molecule has 5 rings (SSSR count). The number of carbonyl (C=O) groups is 1. The van der Waals surface area contributed by atoms with Crippen molar-refractivity contribution in [3.8, 4) is 11.5 Å². The molecule has 34 heavy (non-hydrogen) atoms. The molecule has 11 heteroatoms. The number of rotatable bonds is 4. The molecule has 0 bridgehead atoms. The Morgan fingerprint density at radius 2 is 2.00 bits per heavy atom. The summed E-state index contributed by atoms with van der Waals surface area (Å²) in [5, 5.41) is 3.40. The fourth-order valence-corrected chi connectivity index (χ4v) is 4.09. The van der Waals surface area contributed by atoms with Crippen LogP contribution in [0.2, 0.25) is 0 Å². The summed E-state index contributed by atoms with van der Waals surface area (Å²) in [5.74, 6) is 0.608. The minimum Gasteiger partial charge on any atom is -0.358 e. The third-order valence-electron chi connectivity index (χ3n) is 5.72. The summed E-state index contributed by atoms with van der Waals surface area (Å²) in [6, 6.07) is 8.56. The second-order valence-corrected chi connectivity index (χ2v) is 8.12. The molecule has 1 fully saturated rings. The Morgan fingerprint density at radius 1 is 1.21 bits per heavy atom. The molecule has 1 aromatic carbocycles. The number of halogens is 4. The van der Waals surface area contributed by atoms with Crippen LogP contribution in [0.15, 0.2) is 48.8 Å². The molecule has 0 aliphatic carbocycles. The van der Waals surface area contributed by atoms with Gasteiger partial charge in [-0.1, -0.05) is 18.2 Å². The third kappa shape index (κ3) is 4.51. The molecule has 3 N–H and O–H groups in total. The van der Waals surface area contributed by atoms with E-state index in [2.05, 4.69) is 37.1 Å². The quantitative estimate of drug-likeness (QED) is 0.368. The van der Waals surface area contributed by atoms with E-state index in [4.69, 9.17) is 0 Å². The van der Waals surface area contributed by atoms with Crippen LogP contribution >= 0.6 is 12.4 Å². The smallest absolute Gasteiger partial charge is 0.358 e. The second kappa shape index (κ2) is 9.11. The summed E-state index contributed by atoms with van der Waals surface area (Å²) in [5.41, 5.74) is 0.710. The molecule has 0 spiro atoms. The molecule has 1 saturated heterocycles. The largest absolute Gasteiger partial charge is 0.417 e. The van der Waals surface area contributed by atoms with E-state index in [1.54, 1.807) is 6.20 Å². The van der Waals surface area contributed by atoms with Crippen molar-refractivity contribution in [1.29, 1.82) is 0 Å². The van der Waals surface area contributed by atoms with E-state index in [-0.39, 0.29) is 23.5 Å². The van der Waals surface area contributed by atoms with Gasteiger partial charge in [-0.05, 0) is 19.1 Å². The third-order valence-corrected chi connectivity index (χ3v) is 5.72. The summed E-state index contributed by atoms with van der Waals surface area (Å²) in [4.78, 5) is 30.2. The summed E-state index contributed by atoms with van der Waals surface area (Å²) in [6.07, 6.45) is -1.53. The number of hydrogen-bond donors (Lipinski definition) is 3. The Hall–Kier alpha value is -3.37. The SMILES string of the molecule is C[C@@H]1CN(c2cc3[nH]c(-c4cc(C(=O)c5ccccc5C(F)(F)F)c[nH]4)nc3cn2)CCN1.Cl. The zero-order chi connectivity index (χ0) is 23.2. The maximum Gasteiger partial charge on any atom is 0.417 e. The van der Waals surface area contributed by atoms with Crippen LogP contribution in [-0.4, -0.2) is 51.4 Å². The highest BCUT2D eigenvalue weighted by Crippen LogP contribution is 2.33. The van der Waals surface area contributed by atoms with E-state index < -0.39 is 17.5 Å². The first-order chi connectivity index (χ1) is 15.8. The fourth-order valence-electron chi connectivity index (χ4n) is 4.09. The molecule has 0 saturated carbocycles. The van der Waals surface area contributed by atoms with Crippen LogP contribution in [0, 0.1) is 0 Å². The number of benzene rings is 1. The van der Waals surface area contributed by atoms with Crippen LogP contribution in [-0.2, 0) is 6.18 Å². The highest BCUT2D eigenvalue weighted by atomic mass is 35.5. The Balaban J connectivity index is 0.00000274. The maximum absolute atomic E-state index is 13.3.